The number of carbonyl (C=O) groups is 1. The summed E-state index contributed by atoms with van der Waals surface area (Å²) in [4.78, 5) is 24.0. The smallest absolute Gasteiger partial charge is 0.326 e. The maximum atomic E-state index is 12.2. The molecule has 0 aliphatic carbocycles. The molecule has 1 aromatic carbocycles. The summed E-state index contributed by atoms with van der Waals surface area (Å²) in [6, 6.07) is 7.23. The van der Waals surface area contributed by atoms with Gasteiger partial charge >= 0.3 is 5.97 Å². The van der Waals surface area contributed by atoms with Gasteiger partial charge in [-0.15, -0.1) is 0 Å². The quantitative estimate of drug-likeness (QED) is 0.809. The first kappa shape index (κ1) is 14.8. The molecule has 0 unspecified atom stereocenters. The number of aromatic nitrogens is 1. The second kappa shape index (κ2) is 5.80. The third-order valence-corrected chi connectivity index (χ3v) is 3.02. The number of carbonyl (C=O) groups excluding carboxylic acids is 1. The second-order valence-corrected chi connectivity index (χ2v) is 5.17. The van der Waals surface area contributed by atoms with Gasteiger partial charge in [-0.1, -0.05) is 11.6 Å². The Bertz CT molecular complexity index is 797. The zero-order valence-electron chi connectivity index (χ0n) is 12.2. The lowest BCUT2D eigenvalue weighted by Gasteiger charge is -2.13. The molecule has 5 heteroatoms. The van der Waals surface area contributed by atoms with Crippen molar-refractivity contribution >= 4 is 16.9 Å². The predicted molar refractivity (Wildman–Crippen MR) is 78.9 cm³/mol. The molecule has 21 heavy (non-hydrogen) atoms. The van der Waals surface area contributed by atoms with Gasteiger partial charge in [-0.05, 0) is 32.9 Å². The Hall–Kier alpha value is -2.61. The molecule has 0 saturated heterocycles. The Labute approximate surface area is 122 Å². The number of fused-ring (bicyclic) bond motifs is 1. The minimum Gasteiger partial charge on any atom is -0.462 e. The molecule has 1 aromatic heterocycles. The molecule has 0 radical (unpaired) electrons. The molecule has 0 spiro atoms. The Balaban J connectivity index is 2.58. The third-order valence-electron chi connectivity index (χ3n) is 3.02. The lowest BCUT2D eigenvalue weighted by atomic mass is 10.1. The number of rotatable bonds is 3. The van der Waals surface area contributed by atoms with Crippen LogP contribution in [0.2, 0.25) is 0 Å². The van der Waals surface area contributed by atoms with Gasteiger partial charge in [0.1, 0.15) is 18.2 Å². The molecule has 1 heterocycles. The van der Waals surface area contributed by atoms with Gasteiger partial charge in [-0.3, -0.25) is 9.59 Å². The number of nitrogens with zero attached hydrogens (tertiary/aromatic N) is 2. The van der Waals surface area contributed by atoms with Crippen molar-refractivity contribution in [1.29, 1.82) is 5.26 Å². The van der Waals surface area contributed by atoms with E-state index in [4.69, 9.17) is 10.00 Å². The summed E-state index contributed by atoms with van der Waals surface area (Å²) < 4.78 is 6.69. The number of hydrogen-bond acceptors (Lipinski definition) is 4. The van der Waals surface area contributed by atoms with Crippen molar-refractivity contribution in [3.63, 3.8) is 0 Å². The van der Waals surface area contributed by atoms with Gasteiger partial charge in [0, 0.05) is 11.6 Å². The average molecular weight is 284 g/mol. The SMILES string of the molecule is Cc1ccc2c(c1)c(=O)c(C#N)cn2CC(=O)OC(C)C. The lowest BCUT2D eigenvalue weighted by Crippen LogP contribution is -2.20. The van der Waals surface area contributed by atoms with Crippen LogP contribution in [0.25, 0.3) is 10.9 Å². The Morgan fingerprint density at radius 2 is 2.14 bits per heavy atom. The Kier molecular flexibility index (Phi) is 4.08. The summed E-state index contributed by atoms with van der Waals surface area (Å²) in [5.74, 6) is -0.403. The van der Waals surface area contributed by atoms with Crippen LogP contribution >= 0.6 is 0 Å². The molecule has 0 aliphatic heterocycles. The fraction of sp³-hybridized carbons (Fsp3) is 0.312. The largest absolute Gasteiger partial charge is 0.462 e. The zero-order valence-corrected chi connectivity index (χ0v) is 12.2. The predicted octanol–water partition coefficient (Wildman–Crippen LogP) is 2.13. The summed E-state index contributed by atoms with van der Waals surface area (Å²) in [6.45, 7) is 5.37. The van der Waals surface area contributed by atoms with E-state index in [0.29, 0.717) is 10.9 Å². The number of hydrogen-bond donors (Lipinski definition) is 0. The standard InChI is InChI=1S/C16H16N2O3/c1-10(2)21-15(19)9-18-8-12(7-17)16(20)13-6-11(3)4-5-14(13)18/h4-6,8,10H,9H2,1-3H3. The van der Waals surface area contributed by atoms with E-state index in [-0.39, 0.29) is 23.6 Å². The highest BCUT2D eigenvalue weighted by molar-refractivity contribution is 5.82. The molecule has 0 N–H and O–H groups in total. The molecule has 0 bridgehead atoms. The minimum absolute atomic E-state index is 0.0189. The van der Waals surface area contributed by atoms with Crippen molar-refractivity contribution < 1.29 is 9.53 Å². The topological polar surface area (TPSA) is 72.1 Å². The van der Waals surface area contributed by atoms with E-state index in [0.717, 1.165) is 5.56 Å². The number of pyridine rings is 1. The second-order valence-electron chi connectivity index (χ2n) is 5.17. The molecule has 108 valence electrons. The van der Waals surface area contributed by atoms with Gasteiger partial charge in [0.05, 0.1) is 11.6 Å². The number of benzene rings is 1. The molecule has 0 saturated carbocycles. The summed E-state index contributed by atoms with van der Waals surface area (Å²) >= 11 is 0. The van der Waals surface area contributed by atoms with E-state index in [2.05, 4.69) is 0 Å². The number of ether oxygens (including phenoxy) is 1. The molecule has 2 rings (SSSR count). The van der Waals surface area contributed by atoms with Crippen molar-refractivity contribution in [2.45, 2.75) is 33.4 Å². The lowest BCUT2D eigenvalue weighted by molar-refractivity contribution is -0.148. The number of esters is 1. The molecule has 0 atom stereocenters. The maximum absolute atomic E-state index is 12.2. The van der Waals surface area contributed by atoms with Crippen LogP contribution in [0.15, 0.2) is 29.2 Å². The summed E-state index contributed by atoms with van der Waals surface area (Å²) in [7, 11) is 0. The summed E-state index contributed by atoms with van der Waals surface area (Å²) in [5.41, 5.74) is 1.24. The third kappa shape index (κ3) is 3.11. The van der Waals surface area contributed by atoms with E-state index < -0.39 is 5.97 Å². The van der Waals surface area contributed by atoms with Crippen molar-refractivity contribution in [1.82, 2.24) is 4.57 Å². The van der Waals surface area contributed by atoms with Gasteiger partial charge in [0.25, 0.3) is 0 Å². The first-order valence-corrected chi connectivity index (χ1v) is 6.65. The van der Waals surface area contributed by atoms with Crippen molar-refractivity contribution in [3.05, 3.63) is 45.7 Å². The van der Waals surface area contributed by atoms with Crippen LogP contribution in [0.4, 0.5) is 0 Å². The van der Waals surface area contributed by atoms with Crippen LogP contribution in [0, 0.1) is 18.3 Å². The molecule has 2 aromatic rings. The monoisotopic (exact) mass is 284 g/mol. The maximum Gasteiger partial charge on any atom is 0.326 e. The van der Waals surface area contributed by atoms with Crippen LogP contribution in [-0.4, -0.2) is 16.6 Å². The van der Waals surface area contributed by atoms with Gasteiger partial charge in [-0.2, -0.15) is 5.26 Å². The molecule has 5 nitrogen and oxygen atoms in total. The average Bonchev–Trinajstić information content (AvgIpc) is 2.41. The summed E-state index contributed by atoms with van der Waals surface area (Å²) in [6.07, 6.45) is 1.20. The van der Waals surface area contributed by atoms with Gasteiger partial charge in [0.15, 0.2) is 0 Å². The summed E-state index contributed by atoms with van der Waals surface area (Å²) in [5, 5.41) is 9.51. The number of aryl methyl sites for hydroxylation is 1. The molecule has 0 aliphatic rings. The van der Waals surface area contributed by atoms with Crippen molar-refractivity contribution in [2.24, 2.45) is 0 Å². The highest BCUT2D eigenvalue weighted by Crippen LogP contribution is 2.14. The Morgan fingerprint density at radius 3 is 2.76 bits per heavy atom. The highest BCUT2D eigenvalue weighted by atomic mass is 16.5. The first-order chi connectivity index (χ1) is 9.92. The highest BCUT2D eigenvalue weighted by Gasteiger charge is 2.13. The van der Waals surface area contributed by atoms with E-state index in [1.165, 1.54) is 6.20 Å². The molecule has 0 amide bonds. The van der Waals surface area contributed by atoms with E-state index in [1.54, 1.807) is 30.5 Å². The van der Waals surface area contributed by atoms with Gasteiger partial charge in [-0.25, -0.2) is 0 Å². The Morgan fingerprint density at radius 1 is 1.43 bits per heavy atom. The number of nitriles is 1. The van der Waals surface area contributed by atoms with Crippen molar-refractivity contribution in [2.75, 3.05) is 0 Å². The van der Waals surface area contributed by atoms with Gasteiger partial charge < -0.3 is 9.30 Å². The van der Waals surface area contributed by atoms with Crippen LogP contribution < -0.4 is 5.43 Å². The molecular formula is C16H16N2O3. The van der Waals surface area contributed by atoms with Crippen LogP contribution in [0.1, 0.15) is 25.0 Å². The minimum atomic E-state index is -0.403. The fourth-order valence-corrected chi connectivity index (χ4v) is 2.16. The normalized spacial score (nSPS) is 10.6. The van der Waals surface area contributed by atoms with Crippen molar-refractivity contribution in [3.8, 4) is 6.07 Å². The molecule has 0 fully saturated rings. The zero-order chi connectivity index (χ0) is 15.6. The fourth-order valence-electron chi connectivity index (χ4n) is 2.16. The van der Waals surface area contributed by atoms with Gasteiger partial charge in [0.2, 0.25) is 5.43 Å². The first-order valence-electron chi connectivity index (χ1n) is 6.65. The van der Waals surface area contributed by atoms with Crippen LogP contribution in [0.3, 0.4) is 0 Å². The molecular weight excluding hydrogens is 268 g/mol. The van der Waals surface area contributed by atoms with E-state index in [1.807, 2.05) is 19.1 Å². The van der Waals surface area contributed by atoms with Crippen LogP contribution in [-0.2, 0) is 16.1 Å². The van der Waals surface area contributed by atoms with Crippen LogP contribution in [0.5, 0.6) is 0 Å². The van der Waals surface area contributed by atoms with E-state index >= 15 is 0 Å². The van der Waals surface area contributed by atoms with E-state index in [9.17, 15) is 9.59 Å².